The molecule has 2 nitrogen and oxygen atoms in total. The molecule has 3 N–H and O–H groups in total. The van der Waals surface area contributed by atoms with Crippen molar-refractivity contribution in [3.05, 3.63) is 29.3 Å². The Hall–Kier alpha value is -1.67. The van der Waals surface area contributed by atoms with Gasteiger partial charge in [0.15, 0.2) is 0 Å². The summed E-state index contributed by atoms with van der Waals surface area (Å²) in [5.74, 6) is 5.44. The lowest BCUT2D eigenvalue weighted by Crippen LogP contribution is -2.06. The summed E-state index contributed by atoms with van der Waals surface area (Å²) in [6.07, 6.45) is -3.82. The van der Waals surface area contributed by atoms with Crippen LogP contribution in [0.4, 0.5) is 18.9 Å². The molecule has 1 aromatic carbocycles. The predicted molar refractivity (Wildman–Crippen MR) is 61.3 cm³/mol. The molecule has 0 spiro atoms. The largest absolute Gasteiger partial charge is 0.416 e. The molecule has 92 valence electrons. The first-order valence-electron chi connectivity index (χ1n) is 5.04. The van der Waals surface area contributed by atoms with Gasteiger partial charge in [0, 0.05) is 24.2 Å². The van der Waals surface area contributed by atoms with Crippen LogP contribution in [0.5, 0.6) is 0 Å². The predicted octanol–water partition coefficient (Wildman–Crippen LogP) is 2.25. The number of alkyl halides is 3. The highest BCUT2D eigenvalue weighted by atomic mass is 19.4. The fraction of sp³-hybridized carbons (Fsp3) is 0.333. The van der Waals surface area contributed by atoms with E-state index in [1.54, 1.807) is 7.05 Å². The van der Waals surface area contributed by atoms with Crippen molar-refractivity contribution >= 4 is 5.69 Å². The Bertz CT molecular complexity index is 441. The summed E-state index contributed by atoms with van der Waals surface area (Å²) < 4.78 is 37.4. The van der Waals surface area contributed by atoms with Gasteiger partial charge in [0.1, 0.15) is 0 Å². The van der Waals surface area contributed by atoms with Crippen LogP contribution in [-0.2, 0) is 6.18 Å². The van der Waals surface area contributed by atoms with Crippen molar-refractivity contribution in [2.24, 2.45) is 0 Å². The lowest BCUT2D eigenvalue weighted by molar-refractivity contribution is -0.137. The molecule has 0 heterocycles. The number of benzene rings is 1. The van der Waals surface area contributed by atoms with Crippen LogP contribution in [0.1, 0.15) is 17.5 Å². The highest BCUT2D eigenvalue weighted by Gasteiger charge is 2.30. The van der Waals surface area contributed by atoms with E-state index in [1.807, 2.05) is 0 Å². The van der Waals surface area contributed by atoms with E-state index in [0.717, 1.165) is 12.1 Å². The van der Waals surface area contributed by atoms with Gasteiger partial charge in [-0.3, -0.25) is 0 Å². The molecule has 5 heteroatoms. The zero-order valence-corrected chi connectivity index (χ0v) is 9.36. The Morgan fingerprint density at radius 1 is 1.29 bits per heavy atom. The third-order valence-electron chi connectivity index (χ3n) is 2.02. The SMILES string of the molecule is CNCCC#Cc1cc(N)cc(C(F)(F)F)c1. The molecule has 0 unspecified atom stereocenters. The van der Waals surface area contributed by atoms with Gasteiger partial charge in [-0.2, -0.15) is 13.2 Å². The Balaban J connectivity index is 2.93. The van der Waals surface area contributed by atoms with E-state index in [-0.39, 0.29) is 11.3 Å². The number of nitrogens with one attached hydrogen (secondary N) is 1. The Labute approximate surface area is 98.0 Å². The molecule has 0 amide bonds. The fourth-order valence-corrected chi connectivity index (χ4v) is 1.24. The van der Waals surface area contributed by atoms with E-state index in [2.05, 4.69) is 17.2 Å². The zero-order valence-electron chi connectivity index (χ0n) is 9.36. The van der Waals surface area contributed by atoms with Crippen LogP contribution in [0.15, 0.2) is 18.2 Å². The van der Waals surface area contributed by atoms with Crippen molar-refractivity contribution in [1.82, 2.24) is 5.32 Å². The van der Waals surface area contributed by atoms with Crippen molar-refractivity contribution in [3.63, 3.8) is 0 Å². The highest BCUT2D eigenvalue weighted by Crippen LogP contribution is 2.31. The number of nitrogens with two attached hydrogens (primary N) is 1. The first-order chi connectivity index (χ1) is 7.93. The molecule has 0 atom stereocenters. The Morgan fingerprint density at radius 3 is 2.59 bits per heavy atom. The van der Waals surface area contributed by atoms with Crippen molar-refractivity contribution < 1.29 is 13.2 Å². The van der Waals surface area contributed by atoms with Crippen molar-refractivity contribution in [2.45, 2.75) is 12.6 Å². The number of halogens is 3. The molecule has 0 aliphatic heterocycles. The average Bonchev–Trinajstić information content (AvgIpc) is 2.22. The molecule has 0 bridgehead atoms. The molecule has 0 radical (unpaired) electrons. The lowest BCUT2D eigenvalue weighted by atomic mass is 10.1. The van der Waals surface area contributed by atoms with E-state index in [4.69, 9.17) is 5.73 Å². The van der Waals surface area contributed by atoms with Crippen LogP contribution < -0.4 is 11.1 Å². The fourth-order valence-electron chi connectivity index (χ4n) is 1.24. The molecule has 0 aromatic heterocycles. The van der Waals surface area contributed by atoms with Crippen molar-refractivity contribution in [2.75, 3.05) is 19.3 Å². The van der Waals surface area contributed by atoms with E-state index in [9.17, 15) is 13.2 Å². The third kappa shape index (κ3) is 4.37. The first-order valence-corrected chi connectivity index (χ1v) is 5.04. The molecular formula is C12H13F3N2. The van der Waals surface area contributed by atoms with Gasteiger partial charge in [0.25, 0.3) is 0 Å². The van der Waals surface area contributed by atoms with Gasteiger partial charge in [-0.1, -0.05) is 11.8 Å². The summed E-state index contributed by atoms with van der Waals surface area (Å²) in [5, 5.41) is 2.89. The van der Waals surface area contributed by atoms with Gasteiger partial charge >= 0.3 is 6.18 Å². The molecule has 17 heavy (non-hydrogen) atoms. The quantitative estimate of drug-likeness (QED) is 0.474. The van der Waals surface area contributed by atoms with Crippen LogP contribution in [0, 0.1) is 11.8 Å². The monoisotopic (exact) mass is 242 g/mol. The van der Waals surface area contributed by atoms with Gasteiger partial charge in [-0.25, -0.2) is 0 Å². The van der Waals surface area contributed by atoms with Crippen LogP contribution in [0.3, 0.4) is 0 Å². The van der Waals surface area contributed by atoms with Gasteiger partial charge < -0.3 is 11.1 Å². The second kappa shape index (κ2) is 5.60. The maximum absolute atomic E-state index is 12.5. The van der Waals surface area contributed by atoms with Gasteiger partial charge in [0.05, 0.1) is 5.56 Å². The topological polar surface area (TPSA) is 38.0 Å². The Morgan fingerprint density at radius 2 is 2.00 bits per heavy atom. The molecule has 0 aliphatic rings. The second-order valence-electron chi connectivity index (χ2n) is 3.50. The molecule has 1 rings (SSSR count). The maximum atomic E-state index is 12.5. The first kappa shape index (κ1) is 13.4. The van der Waals surface area contributed by atoms with Crippen molar-refractivity contribution in [1.29, 1.82) is 0 Å². The molecular weight excluding hydrogens is 229 g/mol. The van der Waals surface area contributed by atoms with Crippen LogP contribution >= 0.6 is 0 Å². The smallest absolute Gasteiger partial charge is 0.399 e. The van der Waals surface area contributed by atoms with Crippen LogP contribution in [0.25, 0.3) is 0 Å². The summed E-state index contributed by atoms with van der Waals surface area (Å²) in [5.41, 5.74) is 4.99. The average molecular weight is 242 g/mol. The third-order valence-corrected chi connectivity index (χ3v) is 2.02. The van der Waals surface area contributed by atoms with Gasteiger partial charge in [0.2, 0.25) is 0 Å². The summed E-state index contributed by atoms with van der Waals surface area (Å²) in [6.45, 7) is 0.696. The number of anilines is 1. The van der Waals surface area contributed by atoms with E-state index in [0.29, 0.717) is 13.0 Å². The van der Waals surface area contributed by atoms with E-state index in [1.165, 1.54) is 6.07 Å². The lowest BCUT2D eigenvalue weighted by Gasteiger charge is -2.07. The number of hydrogen-bond acceptors (Lipinski definition) is 2. The second-order valence-corrected chi connectivity index (χ2v) is 3.50. The minimum atomic E-state index is -4.39. The van der Waals surface area contributed by atoms with Gasteiger partial charge in [-0.05, 0) is 25.2 Å². The molecule has 0 fully saturated rings. The van der Waals surface area contributed by atoms with Crippen LogP contribution in [0.2, 0.25) is 0 Å². The number of rotatable bonds is 2. The maximum Gasteiger partial charge on any atom is 0.416 e. The summed E-state index contributed by atoms with van der Waals surface area (Å²) in [4.78, 5) is 0. The Kier molecular flexibility index (Phi) is 4.41. The summed E-state index contributed by atoms with van der Waals surface area (Å²) >= 11 is 0. The summed E-state index contributed by atoms with van der Waals surface area (Å²) in [7, 11) is 1.78. The van der Waals surface area contributed by atoms with Gasteiger partial charge in [-0.15, -0.1) is 0 Å². The van der Waals surface area contributed by atoms with Crippen molar-refractivity contribution in [3.8, 4) is 11.8 Å². The summed E-state index contributed by atoms with van der Waals surface area (Å²) in [6, 6.07) is 3.34. The zero-order chi connectivity index (χ0) is 12.9. The molecule has 0 aliphatic carbocycles. The number of hydrogen-bond donors (Lipinski definition) is 2. The van der Waals surface area contributed by atoms with Crippen LogP contribution in [-0.4, -0.2) is 13.6 Å². The van der Waals surface area contributed by atoms with E-state index < -0.39 is 11.7 Å². The normalized spacial score (nSPS) is 10.8. The molecule has 0 saturated carbocycles. The van der Waals surface area contributed by atoms with E-state index >= 15 is 0 Å². The number of nitrogen functional groups attached to an aromatic ring is 1. The standard InChI is InChI=1S/C12H13F3N2/c1-17-5-3-2-4-9-6-10(12(13,14)15)8-11(16)7-9/h6-8,17H,3,5,16H2,1H3. The minimum Gasteiger partial charge on any atom is -0.399 e. The highest BCUT2D eigenvalue weighted by molar-refractivity contribution is 5.51. The molecule has 1 aromatic rings. The minimum absolute atomic E-state index is 0.0674. The molecule has 0 saturated heterocycles.